The number of benzene rings is 1. The molecule has 3 atom stereocenters. The Bertz CT molecular complexity index is 892. The Labute approximate surface area is 157 Å². The molecule has 4 aliphatic rings. The highest BCUT2D eigenvalue weighted by Crippen LogP contribution is 2.52. The maximum Gasteiger partial charge on any atom is 0.232 e. The van der Waals surface area contributed by atoms with Gasteiger partial charge in [-0.25, -0.2) is 0 Å². The maximum atomic E-state index is 13.5. The summed E-state index contributed by atoms with van der Waals surface area (Å²) in [4.78, 5) is 15.5. The molecule has 2 saturated heterocycles. The molecular weight excluding hydrogens is 350 g/mol. The Morgan fingerprint density at radius 1 is 1.31 bits per heavy atom. The third-order valence-corrected chi connectivity index (χ3v) is 7.10. The van der Waals surface area contributed by atoms with Crippen molar-refractivity contribution in [3.63, 3.8) is 0 Å². The van der Waals surface area contributed by atoms with Crippen LogP contribution in [0.4, 0.5) is 0 Å². The molecule has 2 aromatic rings. The van der Waals surface area contributed by atoms with Crippen LogP contribution in [-0.2, 0) is 11.8 Å². The second kappa shape index (κ2) is 5.46. The smallest absolute Gasteiger partial charge is 0.232 e. The summed E-state index contributed by atoms with van der Waals surface area (Å²) in [5.41, 5.74) is 1.16. The van der Waals surface area contributed by atoms with Gasteiger partial charge in [-0.3, -0.25) is 9.48 Å². The quantitative estimate of drug-likeness (QED) is 0.879. The van der Waals surface area contributed by atoms with E-state index >= 15 is 0 Å². The number of nitrogens with zero attached hydrogens (tertiary/aromatic N) is 3. The molecule has 4 bridgehead atoms. The third-order valence-electron chi connectivity index (χ3n) is 6.79. The number of carbonyl (C=O) groups is 1. The average Bonchev–Trinajstić information content (AvgIpc) is 2.90. The van der Waals surface area contributed by atoms with Gasteiger partial charge in [-0.1, -0.05) is 17.7 Å². The number of hydrogen-bond acceptors (Lipinski definition) is 3. The predicted molar refractivity (Wildman–Crippen MR) is 100 cm³/mol. The number of aromatic nitrogens is 2. The molecule has 3 unspecified atom stereocenters. The molecule has 5 nitrogen and oxygen atoms in total. The molecule has 2 saturated carbocycles. The third kappa shape index (κ3) is 2.26. The van der Waals surface area contributed by atoms with E-state index in [1.807, 2.05) is 32.2 Å². The Hall–Kier alpha value is -1.59. The summed E-state index contributed by atoms with van der Waals surface area (Å²) in [6.07, 6.45) is 4.42. The highest BCUT2D eigenvalue weighted by molar-refractivity contribution is 6.35. The van der Waals surface area contributed by atoms with Gasteiger partial charge < -0.3 is 10.0 Å². The molecule has 1 N–H and O–H groups in total. The van der Waals surface area contributed by atoms with E-state index in [0.717, 1.165) is 48.7 Å². The number of aliphatic hydroxyl groups is 1. The highest BCUT2D eigenvalue weighted by atomic mass is 35.5. The molecule has 1 amide bonds. The first kappa shape index (κ1) is 16.6. The second-order valence-electron chi connectivity index (χ2n) is 8.59. The zero-order valence-electron chi connectivity index (χ0n) is 15.2. The monoisotopic (exact) mass is 373 g/mol. The Morgan fingerprint density at radius 2 is 2.00 bits per heavy atom. The average molecular weight is 374 g/mol. The number of aryl methyl sites for hydroxylation is 1. The zero-order chi connectivity index (χ0) is 18.2. The first-order valence-electron chi connectivity index (χ1n) is 9.52. The number of halogens is 1. The van der Waals surface area contributed by atoms with Crippen LogP contribution in [0.2, 0.25) is 5.02 Å². The maximum absolute atomic E-state index is 13.5. The minimum Gasteiger partial charge on any atom is -0.390 e. The Kier molecular flexibility index (Phi) is 3.48. The van der Waals surface area contributed by atoms with Crippen LogP contribution in [0.3, 0.4) is 0 Å². The van der Waals surface area contributed by atoms with E-state index in [9.17, 15) is 9.90 Å². The van der Waals surface area contributed by atoms with Gasteiger partial charge in [-0.15, -0.1) is 0 Å². The molecule has 4 fully saturated rings. The summed E-state index contributed by atoms with van der Waals surface area (Å²) in [6.45, 7) is 1.94. The fourth-order valence-corrected chi connectivity index (χ4v) is 6.16. The molecule has 6 heteroatoms. The van der Waals surface area contributed by atoms with Crippen LogP contribution in [-0.4, -0.2) is 43.4 Å². The molecule has 2 aliphatic carbocycles. The predicted octanol–water partition coefficient (Wildman–Crippen LogP) is 3.23. The van der Waals surface area contributed by atoms with Crippen LogP contribution in [0, 0.1) is 5.92 Å². The summed E-state index contributed by atoms with van der Waals surface area (Å²) >= 11 is 6.44. The van der Waals surface area contributed by atoms with E-state index in [2.05, 4.69) is 10.00 Å². The lowest BCUT2D eigenvalue weighted by Gasteiger charge is -2.60. The van der Waals surface area contributed by atoms with Crippen LogP contribution in [0.1, 0.15) is 50.6 Å². The van der Waals surface area contributed by atoms with E-state index in [4.69, 9.17) is 11.6 Å². The standard InChI is InChI=1S/C20H24ClN3O2/c1-11(18-17-15(21)4-3-5-16(17)23(2)22-18)19(25)24-13-6-12-7-14(24)10-20(26,8-12)9-13/h3-5,11-14,26H,6-10H2,1-2H3. The van der Waals surface area contributed by atoms with Crippen molar-refractivity contribution in [2.75, 3.05) is 0 Å². The molecular formula is C20H24ClN3O2. The van der Waals surface area contributed by atoms with Crippen molar-refractivity contribution >= 4 is 28.4 Å². The van der Waals surface area contributed by atoms with Gasteiger partial charge >= 0.3 is 0 Å². The van der Waals surface area contributed by atoms with E-state index in [1.165, 1.54) is 0 Å². The summed E-state index contributed by atoms with van der Waals surface area (Å²) in [5, 5.41) is 16.9. The molecule has 3 heterocycles. The zero-order valence-corrected chi connectivity index (χ0v) is 15.9. The fraction of sp³-hybridized carbons (Fsp3) is 0.600. The molecule has 2 aliphatic heterocycles. The van der Waals surface area contributed by atoms with Crippen molar-refractivity contribution in [1.29, 1.82) is 0 Å². The Morgan fingerprint density at radius 3 is 2.65 bits per heavy atom. The van der Waals surface area contributed by atoms with Gasteiger partial charge in [-0.05, 0) is 57.1 Å². The normalized spacial score (nSPS) is 33.8. The number of carbonyl (C=O) groups excluding carboxylic acids is 1. The highest BCUT2D eigenvalue weighted by Gasteiger charge is 2.55. The van der Waals surface area contributed by atoms with Crippen LogP contribution >= 0.6 is 11.6 Å². The van der Waals surface area contributed by atoms with Gasteiger partial charge in [-0.2, -0.15) is 5.10 Å². The van der Waals surface area contributed by atoms with Crippen molar-refractivity contribution in [1.82, 2.24) is 14.7 Å². The summed E-state index contributed by atoms with van der Waals surface area (Å²) in [6, 6.07) is 6.08. The Balaban J connectivity index is 1.50. The second-order valence-corrected chi connectivity index (χ2v) is 9.00. The lowest BCUT2D eigenvalue weighted by atomic mass is 9.61. The molecule has 138 valence electrons. The SMILES string of the molecule is CC(C(=O)N1C2CC3CC1CC(O)(C3)C2)c1nn(C)c2cccc(Cl)c12. The van der Waals surface area contributed by atoms with Crippen molar-refractivity contribution in [2.24, 2.45) is 13.0 Å². The van der Waals surface area contributed by atoms with Gasteiger partial charge in [0, 0.05) is 24.5 Å². The molecule has 26 heavy (non-hydrogen) atoms. The molecule has 1 aromatic carbocycles. The summed E-state index contributed by atoms with van der Waals surface area (Å²) in [5.74, 6) is 0.357. The van der Waals surface area contributed by atoms with Gasteiger partial charge in [0.05, 0.1) is 27.8 Å². The van der Waals surface area contributed by atoms with Crippen LogP contribution in [0.25, 0.3) is 10.9 Å². The van der Waals surface area contributed by atoms with E-state index in [1.54, 1.807) is 4.68 Å². The molecule has 1 aromatic heterocycles. The fourth-order valence-electron chi connectivity index (χ4n) is 5.89. The summed E-state index contributed by atoms with van der Waals surface area (Å²) < 4.78 is 1.80. The molecule has 0 radical (unpaired) electrons. The minimum atomic E-state index is -0.544. The van der Waals surface area contributed by atoms with Crippen molar-refractivity contribution < 1.29 is 9.90 Å². The van der Waals surface area contributed by atoms with E-state index in [-0.39, 0.29) is 23.9 Å². The lowest BCUT2D eigenvalue weighted by Crippen LogP contribution is -2.66. The number of piperidine rings is 2. The first-order chi connectivity index (χ1) is 12.4. The number of hydrogen-bond donors (Lipinski definition) is 1. The molecule has 6 rings (SSSR count). The van der Waals surface area contributed by atoms with Crippen LogP contribution in [0.5, 0.6) is 0 Å². The van der Waals surface area contributed by atoms with Gasteiger partial charge in [0.1, 0.15) is 0 Å². The lowest BCUT2D eigenvalue weighted by molar-refractivity contribution is -0.175. The number of amides is 1. The minimum absolute atomic E-state index is 0.127. The van der Waals surface area contributed by atoms with E-state index < -0.39 is 5.60 Å². The summed E-state index contributed by atoms with van der Waals surface area (Å²) in [7, 11) is 1.89. The van der Waals surface area contributed by atoms with Gasteiger partial charge in [0.15, 0.2) is 0 Å². The van der Waals surface area contributed by atoms with E-state index in [0.29, 0.717) is 10.9 Å². The topological polar surface area (TPSA) is 58.4 Å². The first-order valence-corrected chi connectivity index (χ1v) is 9.90. The number of rotatable bonds is 2. The molecule has 0 spiro atoms. The van der Waals surface area contributed by atoms with Crippen molar-refractivity contribution in [3.8, 4) is 0 Å². The van der Waals surface area contributed by atoms with Crippen LogP contribution < -0.4 is 0 Å². The largest absolute Gasteiger partial charge is 0.390 e. The number of fused-ring (bicyclic) bond motifs is 1. The van der Waals surface area contributed by atoms with Crippen LogP contribution in [0.15, 0.2) is 18.2 Å². The van der Waals surface area contributed by atoms with Crippen molar-refractivity contribution in [2.45, 2.75) is 62.6 Å². The van der Waals surface area contributed by atoms with Gasteiger partial charge in [0.2, 0.25) is 5.91 Å². The van der Waals surface area contributed by atoms with Gasteiger partial charge in [0.25, 0.3) is 0 Å². The van der Waals surface area contributed by atoms with Crippen molar-refractivity contribution in [3.05, 3.63) is 28.9 Å².